The number of aliphatic hydroxyl groups is 1. The molecule has 2 aromatic carbocycles. The van der Waals surface area contributed by atoms with Gasteiger partial charge in [-0.15, -0.1) is 0 Å². The van der Waals surface area contributed by atoms with Crippen LogP contribution in [0.25, 0.3) is 0 Å². The van der Waals surface area contributed by atoms with Crippen LogP contribution in [-0.2, 0) is 16.8 Å². The van der Waals surface area contributed by atoms with Crippen LogP contribution in [0.2, 0.25) is 0 Å². The van der Waals surface area contributed by atoms with E-state index in [1.807, 2.05) is 50.2 Å². The second-order valence-electron chi connectivity index (χ2n) is 10.6. The number of carbonyl (C=O) groups is 2. The summed E-state index contributed by atoms with van der Waals surface area (Å²) in [5.41, 5.74) is 9.83. The lowest BCUT2D eigenvalue weighted by molar-refractivity contribution is -0.131. The van der Waals surface area contributed by atoms with Crippen LogP contribution >= 0.6 is 0 Å². The molecule has 5 atom stereocenters. The van der Waals surface area contributed by atoms with E-state index in [2.05, 4.69) is 17.2 Å². The Bertz CT molecular complexity index is 1290. The van der Waals surface area contributed by atoms with Gasteiger partial charge in [-0.3, -0.25) is 14.5 Å². The number of hydrogen-bond donors (Lipinski definition) is 3. The van der Waals surface area contributed by atoms with Crippen molar-refractivity contribution in [3.63, 3.8) is 0 Å². The predicted octanol–water partition coefficient (Wildman–Crippen LogP) is 3.18. The molecular formula is C27H30N4O3. The first-order chi connectivity index (χ1) is 16.1. The summed E-state index contributed by atoms with van der Waals surface area (Å²) in [6.07, 6.45) is 2.21. The number of aliphatic imine (C=N–C) groups is 1. The third-order valence-corrected chi connectivity index (χ3v) is 8.49. The van der Waals surface area contributed by atoms with Crippen LogP contribution in [0.1, 0.15) is 96.2 Å². The standard InChI is InChI=1S/C27H30N4O3/c1-4-26(3)13-22(32)31(25(28)30-26)21-9-14(2)17-11-20-19(10-18(17)21)24(33)29-23-16-8-6-5-7-15(16)12-27(20,23)34/h5-8,10-11,14,21,23,34H,4,9,12-13H2,1-3H3,(H2,28,30)(H,29,33)/t14-,21-,23-,26-,27-/m1/s1. The molecule has 7 heteroatoms. The van der Waals surface area contributed by atoms with Gasteiger partial charge in [-0.2, -0.15) is 0 Å². The van der Waals surface area contributed by atoms with Gasteiger partial charge in [0, 0.05) is 12.0 Å². The number of benzene rings is 2. The monoisotopic (exact) mass is 458 g/mol. The quantitative estimate of drug-likeness (QED) is 0.642. The number of guanidine groups is 1. The summed E-state index contributed by atoms with van der Waals surface area (Å²) in [5.74, 6) is 0.167. The number of rotatable bonds is 2. The minimum absolute atomic E-state index is 0.0333. The van der Waals surface area contributed by atoms with Crippen LogP contribution in [-0.4, -0.2) is 33.3 Å². The fourth-order valence-electron chi connectivity index (χ4n) is 6.46. The number of nitrogens with one attached hydrogen (secondary N) is 1. The van der Waals surface area contributed by atoms with Crippen LogP contribution in [0.4, 0.5) is 0 Å². The van der Waals surface area contributed by atoms with E-state index in [1.165, 1.54) is 0 Å². The van der Waals surface area contributed by atoms with Gasteiger partial charge in [-0.25, -0.2) is 4.99 Å². The van der Waals surface area contributed by atoms with Crippen molar-refractivity contribution in [3.8, 4) is 0 Å². The lowest BCUT2D eigenvalue weighted by atomic mass is 9.78. The van der Waals surface area contributed by atoms with Gasteiger partial charge in [-0.05, 0) is 59.6 Å². The van der Waals surface area contributed by atoms with Gasteiger partial charge in [-0.1, -0.05) is 44.2 Å². The van der Waals surface area contributed by atoms with Crippen LogP contribution in [0.3, 0.4) is 0 Å². The van der Waals surface area contributed by atoms with E-state index in [1.54, 1.807) is 4.90 Å². The van der Waals surface area contributed by atoms with Crippen molar-refractivity contribution in [2.45, 2.75) is 75.6 Å². The molecule has 0 saturated heterocycles. The Hall–Kier alpha value is -3.19. The summed E-state index contributed by atoms with van der Waals surface area (Å²) >= 11 is 0. The molecule has 6 rings (SSSR count). The Labute approximate surface area is 199 Å². The molecule has 0 saturated carbocycles. The molecule has 2 aliphatic heterocycles. The first-order valence-corrected chi connectivity index (χ1v) is 12.1. The number of amides is 2. The second kappa shape index (κ2) is 6.92. The normalized spacial score (nSPS) is 33.6. The van der Waals surface area contributed by atoms with Gasteiger partial charge in [0.1, 0.15) is 5.60 Å². The Kier molecular flexibility index (Phi) is 4.34. The summed E-state index contributed by atoms with van der Waals surface area (Å²) < 4.78 is 0. The lowest BCUT2D eigenvalue weighted by Crippen LogP contribution is -2.51. The first kappa shape index (κ1) is 21.4. The zero-order chi connectivity index (χ0) is 24.0. The third-order valence-electron chi connectivity index (χ3n) is 8.49. The van der Waals surface area contributed by atoms with Crippen molar-refractivity contribution in [1.82, 2.24) is 10.2 Å². The molecule has 0 fully saturated rings. The van der Waals surface area contributed by atoms with Gasteiger partial charge in [0.25, 0.3) is 5.91 Å². The van der Waals surface area contributed by atoms with Crippen molar-refractivity contribution >= 4 is 17.8 Å². The van der Waals surface area contributed by atoms with Crippen molar-refractivity contribution in [1.29, 1.82) is 0 Å². The highest BCUT2D eigenvalue weighted by molar-refractivity contribution is 6.01. The Morgan fingerprint density at radius 1 is 1.18 bits per heavy atom. The van der Waals surface area contributed by atoms with E-state index in [4.69, 9.17) is 5.73 Å². The molecule has 2 aromatic rings. The number of carbonyl (C=O) groups excluding carboxylic acids is 2. The minimum atomic E-state index is -1.19. The SMILES string of the molecule is CC[C@]1(C)CC(=O)N([C@@H]2C[C@@H](C)c3cc4c(cc32)C(=O)N[C@@H]2c3ccccc3C[C@@]42O)C(N)=N1. The van der Waals surface area contributed by atoms with Crippen molar-refractivity contribution in [2.24, 2.45) is 10.7 Å². The average Bonchev–Trinajstić information content (AvgIpc) is 3.27. The maximum absolute atomic E-state index is 13.2. The van der Waals surface area contributed by atoms with Gasteiger partial charge >= 0.3 is 0 Å². The topological polar surface area (TPSA) is 108 Å². The molecule has 0 radical (unpaired) electrons. The van der Waals surface area contributed by atoms with Gasteiger partial charge in [0.05, 0.1) is 24.0 Å². The van der Waals surface area contributed by atoms with Crippen molar-refractivity contribution < 1.29 is 14.7 Å². The van der Waals surface area contributed by atoms with E-state index in [9.17, 15) is 14.7 Å². The number of nitrogens with zero attached hydrogens (tertiary/aromatic N) is 2. The molecule has 4 aliphatic rings. The molecule has 34 heavy (non-hydrogen) atoms. The highest BCUT2D eigenvalue weighted by Gasteiger charge is 2.52. The zero-order valence-corrected chi connectivity index (χ0v) is 19.8. The maximum Gasteiger partial charge on any atom is 0.252 e. The largest absolute Gasteiger partial charge is 0.382 e. The lowest BCUT2D eigenvalue weighted by Gasteiger charge is -2.39. The summed E-state index contributed by atoms with van der Waals surface area (Å²) in [4.78, 5) is 32.7. The Morgan fingerprint density at radius 2 is 1.94 bits per heavy atom. The molecule has 4 N–H and O–H groups in total. The Balaban J connectivity index is 1.45. The zero-order valence-electron chi connectivity index (χ0n) is 19.8. The Morgan fingerprint density at radius 3 is 2.68 bits per heavy atom. The molecule has 0 spiro atoms. The third kappa shape index (κ3) is 2.76. The predicted molar refractivity (Wildman–Crippen MR) is 128 cm³/mol. The summed E-state index contributed by atoms with van der Waals surface area (Å²) in [6, 6.07) is 11.0. The van der Waals surface area contributed by atoms with Crippen molar-refractivity contribution in [2.75, 3.05) is 0 Å². The van der Waals surface area contributed by atoms with Gasteiger partial charge in [0.2, 0.25) is 5.91 Å². The van der Waals surface area contributed by atoms with E-state index in [-0.39, 0.29) is 29.7 Å². The molecule has 0 unspecified atom stereocenters. The van der Waals surface area contributed by atoms with Gasteiger partial charge in [0.15, 0.2) is 5.96 Å². The fourth-order valence-corrected chi connectivity index (χ4v) is 6.46. The van der Waals surface area contributed by atoms with Crippen LogP contribution < -0.4 is 11.1 Å². The molecule has 0 aromatic heterocycles. The number of hydrogen-bond acceptors (Lipinski definition) is 5. The van der Waals surface area contributed by atoms with Crippen molar-refractivity contribution in [3.05, 3.63) is 69.8 Å². The highest BCUT2D eigenvalue weighted by atomic mass is 16.3. The number of nitrogens with two attached hydrogens (primary N) is 1. The molecular weight excluding hydrogens is 428 g/mol. The second-order valence-corrected chi connectivity index (χ2v) is 10.6. The number of fused-ring (bicyclic) bond motifs is 6. The van der Waals surface area contributed by atoms with E-state index < -0.39 is 17.2 Å². The molecule has 2 amide bonds. The van der Waals surface area contributed by atoms with Gasteiger partial charge < -0.3 is 16.2 Å². The summed E-state index contributed by atoms with van der Waals surface area (Å²) in [7, 11) is 0. The summed E-state index contributed by atoms with van der Waals surface area (Å²) in [5, 5.41) is 14.9. The highest BCUT2D eigenvalue weighted by Crippen LogP contribution is 2.53. The molecule has 176 valence electrons. The fraction of sp³-hybridized carbons (Fsp3) is 0.444. The molecule has 2 heterocycles. The smallest absolute Gasteiger partial charge is 0.252 e. The van der Waals surface area contributed by atoms with E-state index in [0.29, 0.717) is 30.4 Å². The van der Waals surface area contributed by atoms with E-state index in [0.717, 1.165) is 28.7 Å². The minimum Gasteiger partial charge on any atom is -0.382 e. The average molecular weight is 459 g/mol. The van der Waals surface area contributed by atoms with Crippen LogP contribution in [0.5, 0.6) is 0 Å². The van der Waals surface area contributed by atoms with E-state index >= 15 is 0 Å². The van der Waals surface area contributed by atoms with Crippen LogP contribution in [0.15, 0.2) is 41.4 Å². The van der Waals surface area contributed by atoms with Crippen LogP contribution in [0, 0.1) is 0 Å². The first-order valence-electron chi connectivity index (χ1n) is 12.1. The molecule has 2 aliphatic carbocycles. The summed E-state index contributed by atoms with van der Waals surface area (Å²) in [6.45, 7) is 6.09. The maximum atomic E-state index is 13.2. The molecule has 0 bridgehead atoms. The molecule has 7 nitrogen and oxygen atoms in total.